The van der Waals surface area contributed by atoms with E-state index in [2.05, 4.69) is 0 Å². The molecule has 92 valence electrons. The Labute approximate surface area is 102 Å². The van der Waals surface area contributed by atoms with Gasteiger partial charge in [0.25, 0.3) is 0 Å². The van der Waals surface area contributed by atoms with Crippen molar-refractivity contribution in [2.24, 2.45) is 0 Å². The summed E-state index contributed by atoms with van der Waals surface area (Å²) in [5, 5.41) is 9.25. The normalized spacial score (nSPS) is 9.94. The van der Waals surface area contributed by atoms with Gasteiger partial charge in [-0.3, -0.25) is 0 Å². The summed E-state index contributed by atoms with van der Waals surface area (Å²) in [6, 6.07) is 3.74. The fourth-order valence-corrected chi connectivity index (χ4v) is 1.88. The maximum atomic E-state index is 11.3. The Hall–Kier alpha value is -1.77. The number of carboxylic acids is 1. The second kappa shape index (κ2) is 5.04. The molecule has 0 aromatic heterocycles. The molecule has 3 nitrogen and oxygen atoms in total. The second-order valence-electron chi connectivity index (χ2n) is 4.32. The van der Waals surface area contributed by atoms with Gasteiger partial charge < -0.3 is 9.84 Å². The van der Waals surface area contributed by atoms with Crippen LogP contribution in [0.1, 0.15) is 30.5 Å². The van der Waals surface area contributed by atoms with Gasteiger partial charge in [-0.05, 0) is 56.5 Å². The Morgan fingerprint density at radius 3 is 2.18 bits per heavy atom. The number of hydrogen-bond donors (Lipinski definition) is 1. The van der Waals surface area contributed by atoms with E-state index >= 15 is 0 Å². The third-order valence-electron chi connectivity index (χ3n) is 2.73. The molecule has 1 rings (SSSR count). The summed E-state index contributed by atoms with van der Waals surface area (Å²) < 4.78 is 5.22. The summed E-state index contributed by atoms with van der Waals surface area (Å²) in [6.07, 6.45) is 0. The Bertz CT molecular complexity index is 480. The van der Waals surface area contributed by atoms with Crippen molar-refractivity contribution in [2.75, 3.05) is 7.11 Å². The van der Waals surface area contributed by atoms with Crippen molar-refractivity contribution in [3.63, 3.8) is 0 Å². The molecule has 0 saturated carbocycles. The van der Waals surface area contributed by atoms with Crippen LogP contribution < -0.4 is 4.74 Å². The first kappa shape index (κ1) is 13.3. The van der Waals surface area contributed by atoms with Crippen molar-refractivity contribution < 1.29 is 14.6 Å². The molecule has 1 aromatic carbocycles. The molecule has 0 radical (unpaired) electrons. The molecule has 0 saturated heterocycles. The third kappa shape index (κ3) is 2.67. The molecule has 0 amide bonds. The lowest BCUT2D eigenvalue weighted by molar-refractivity contribution is -0.130. The van der Waals surface area contributed by atoms with E-state index in [1.54, 1.807) is 7.11 Å². The van der Waals surface area contributed by atoms with E-state index in [1.165, 1.54) is 0 Å². The molecule has 1 aromatic rings. The molecule has 0 aliphatic heterocycles. The lowest BCUT2D eigenvalue weighted by atomic mass is 9.95. The van der Waals surface area contributed by atoms with Gasteiger partial charge in [-0.2, -0.15) is 0 Å². The molecule has 0 heterocycles. The Morgan fingerprint density at radius 2 is 1.76 bits per heavy atom. The van der Waals surface area contributed by atoms with Crippen LogP contribution in [0.2, 0.25) is 0 Å². The summed E-state index contributed by atoms with van der Waals surface area (Å²) in [5.74, 6) is -0.109. The maximum absolute atomic E-state index is 11.3. The van der Waals surface area contributed by atoms with E-state index in [0.29, 0.717) is 5.57 Å². The molecule has 3 heteroatoms. The zero-order chi connectivity index (χ0) is 13.2. The van der Waals surface area contributed by atoms with E-state index in [1.807, 2.05) is 39.8 Å². The van der Waals surface area contributed by atoms with Crippen molar-refractivity contribution in [1.29, 1.82) is 0 Å². The van der Waals surface area contributed by atoms with E-state index in [9.17, 15) is 9.90 Å². The van der Waals surface area contributed by atoms with E-state index in [4.69, 9.17) is 4.74 Å². The summed E-state index contributed by atoms with van der Waals surface area (Å²) in [4.78, 5) is 11.3. The molecular formula is C14H18O3. The summed E-state index contributed by atoms with van der Waals surface area (Å²) in [5.41, 5.74) is 3.77. The predicted octanol–water partition coefficient (Wildman–Crippen LogP) is 3.19. The van der Waals surface area contributed by atoms with Gasteiger partial charge >= 0.3 is 5.97 Å². The van der Waals surface area contributed by atoms with Gasteiger partial charge in [0.1, 0.15) is 5.75 Å². The number of carbonyl (C=O) groups is 1. The topological polar surface area (TPSA) is 46.5 Å². The summed E-state index contributed by atoms with van der Waals surface area (Å²) in [6.45, 7) is 7.42. The van der Waals surface area contributed by atoms with Crippen LogP contribution in [0.5, 0.6) is 5.75 Å². The smallest absolute Gasteiger partial charge is 0.336 e. The molecular weight excluding hydrogens is 216 g/mol. The molecule has 0 unspecified atom stereocenters. The van der Waals surface area contributed by atoms with E-state index in [-0.39, 0.29) is 0 Å². The van der Waals surface area contributed by atoms with Gasteiger partial charge in [0.05, 0.1) is 12.7 Å². The number of carboxylic acid groups (broad SMARTS) is 1. The lowest BCUT2D eigenvalue weighted by Gasteiger charge is -2.13. The first-order valence-corrected chi connectivity index (χ1v) is 5.44. The van der Waals surface area contributed by atoms with Gasteiger partial charge in [-0.25, -0.2) is 4.79 Å². The van der Waals surface area contributed by atoms with Crippen LogP contribution in [0.3, 0.4) is 0 Å². The fourth-order valence-electron chi connectivity index (χ4n) is 1.88. The number of methoxy groups -OCH3 is 1. The first-order chi connectivity index (χ1) is 7.88. The van der Waals surface area contributed by atoms with Crippen LogP contribution in [0.4, 0.5) is 0 Å². The number of benzene rings is 1. The van der Waals surface area contributed by atoms with Gasteiger partial charge in [0, 0.05) is 0 Å². The number of allylic oxidation sites excluding steroid dienone is 1. The van der Waals surface area contributed by atoms with Crippen molar-refractivity contribution >= 4 is 11.5 Å². The summed E-state index contributed by atoms with van der Waals surface area (Å²) in [7, 11) is 1.61. The van der Waals surface area contributed by atoms with E-state index in [0.717, 1.165) is 28.0 Å². The number of rotatable bonds is 3. The molecule has 0 aliphatic rings. The quantitative estimate of drug-likeness (QED) is 0.817. The maximum Gasteiger partial charge on any atom is 0.336 e. The van der Waals surface area contributed by atoms with Crippen molar-refractivity contribution in [2.45, 2.75) is 27.7 Å². The van der Waals surface area contributed by atoms with Gasteiger partial charge in [0.2, 0.25) is 0 Å². The standard InChI is InChI=1S/C14H18O3/c1-8(2)13(14(15)16)11-6-10(4)12(17-5)7-9(11)3/h6-7H,1-5H3,(H,15,16). The highest BCUT2D eigenvalue weighted by Gasteiger charge is 2.16. The number of ether oxygens (including phenoxy) is 1. The molecule has 0 fully saturated rings. The average molecular weight is 234 g/mol. The van der Waals surface area contributed by atoms with Crippen LogP contribution >= 0.6 is 0 Å². The van der Waals surface area contributed by atoms with Gasteiger partial charge in [-0.1, -0.05) is 5.57 Å². The van der Waals surface area contributed by atoms with Crippen LogP contribution in [-0.4, -0.2) is 18.2 Å². The Kier molecular flexibility index (Phi) is 3.94. The second-order valence-corrected chi connectivity index (χ2v) is 4.32. The average Bonchev–Trinajstić information content (AvgIpc) is 2.21. The zero-order valence-electron chi connectivity index (χ0n) is 10.9. The fraction of sp³-hybridized carbons (Fsp3) is 0.357. The molecule has 0 atom stereocenters. The zero-order valence-corrected chi connectivity index (χ0v) is 10.9. The van der Waals surface area contributed by atoms with Crippen LogP contribution in [0.15, 0.2) is 17.7 Å². The molecule has 0 aliphatic carbocycles. The first-order valence-electron chi connectivity index (χ1n) is 5.44. The van der Waals surface area contributed by atoms with Crippen LogP contribution in [0, 0.1) is 13.8 Å². The van der Waals surface area contributed by atoms with Gasteiger partial charge in [-0.15, -0.1) is 0 Å². The SMILES string of the molecule is COc1cc(C)c(C(C(=O)O)=C(C)C)cc1C. The number of hydrogen-bond acceptors (Lipinski definition) is 2. The molecule has 1 N–H and O–H groups in total. The predicted molar refractivity (Wildman–Crippen MR) is 68.4 cm³/mol. The Balaban J connectivity index is 3.47. The van der Waals surface area contributed by atoms with Crippen molar-refractivity contribution in [3.05, 3.63) is 34.4 Å². The molecule has 0 spiro atoms. The Morgan fingerprint density at radius 1 is 1.18 bits per heavy atom. The number of aliphatic carboxylic acids is 1. The minimum absolute atomic E-state index is 0.369. The molecule has 17 heavy (non-hydrogen) atoms. The highest BCUT2D eigenvalue weighted by molar-refractivity contribution is 6.16. The largest absolute Gasteiger partial charge is 0.496 e. The monoisotopic (exact) mass is 234 g/mol. The van der Waals surface area contributed by atoms with Crippen LogP contribution in [0.25, 0.3) is 5.57 Å². The van der Waals surface area contributed by atoms with Crippen LogP contribution in [-0.2, 0) is 4.79 Å². The minimum atomic E-state index is -0.891. The molecule has 0 bridgehead atoms. The lowest BCUT2D eigenvalue weighted by Crippen LogP contribution is -2.04. The highest BCUT2D eigenvalue weighted by atomic mass is 16.5. The summed E-state index contributed by atoms with van der Waals surface area (Å²) >= 11 is 0. The third-order valence-corrected chi connectivity index (χ3v) is 2.73. The highest BCUT2D eigenvalue weighted by Crippen LogP contribution is 2.29. The van der Waals surface area contributed by atoms with E-state index < -0.39 is 5.97 Å². The number of aryl methyl sites for hydroxylation is 2. The minimum Gasteiger partial charge on any atom is -0.496 e. The van der Waals surface area contributed by atoms with Gasteiger partial charge in [0.15, 0.2) is 0 Å². The van der Waals surface area contributed by atoms with Crippen molar-refractivity contribution in [1.82, 2.24) is 0 Å². The van der Waals surface area contributed by atoms with Crippen molar-refractivity contribution in [3.8, 4) is 5.75 Å².